The lowest BCUT2D eigenvalue weighted by Crippen LogP contribution is -2.12. The SMILES string of the molecule is Cc1ccc(-c2cc(C)cc(C(C)(C)C)c2O)c(-n2nc3ccc(Cl)cc3n2)c1. The molecule has 0 atom stereocenters. The van der Waals surface area contributed by atoms with E-state index in [2.05, 4.69) is 44.0 Å². The first kappa shape index (κ1) is 19.5. The molecular formula is C24H24ClN3O. The molecule has 29 heavy (non-hydrogen) atoms. The molecule has 0 radical (unpaired) electrons. The highest BCUT2D eigenvalue weighted by Crippen LogP contribution is 2.41. The summed E-state index contributed by atoms with van der Waals surface area (Å²) in [6, 6.07) is 15.6. The second kappa shape index (κ2) is 6.89. The summed E-state index contributed by atoms with van der Waals surface area (Å²) in [5.74, 6) is 0.299. The Morgan fingerprint density at radius 2 is 1.55 bits per heavy atom. The van der Waals surface area contributed by atoms with Crippen molar-refractivity contribution in [2.24, 2.45) is 0 Å². The quantitative estimate of drug-likeness (QED) is 0.422. The Bertz CT molecular complexity index is 1240. The molecule has 0 aliphatic rings. The van der Waals surface area contributed by atoms with Gasteiger partial charge < -0.3 is 5.11 Å². The first-order chi connectivity index (χ1) is 13.6. The predicted octanol–water partition coefficient (Wildman–Crippen LogP) is 6.36. The number of benzene rings is 3. The van der Waals surface area contributed by atoms with E-state index in [-0.39, 0.29) is 5.41 Å². The molecule has 148 valence electrons. The van der Waals surface area contributed by atoms with E-state index in [9.17, 15) is 5.11 Å². The lowest BCUT2D eigenvalue weighted by molar-refractivity contribution is 0.448. The molecule has 0 aliphatic heterocycles. The van der Waals surface area contributed by atoms with Crippen molar-refractivity contribution in [2.45, 2.75) is 40.0 Å². The summed E-state index contributed by atoms with van der Waals surface area (Å²) in [4.78, 5) is 1.63. The number of hydrogen-bond donors (Lipinski definition) is 1. The molecule has 0 saturated heterocycles. The van der Waals surface area contributed by atoms with Crippen LogP contribution in [0.4, 0.5) is 0 Å². The fourth-order valence-electron chi connectivity index (χ4n) is 3.59. The average Bonchev–Trinajstić information content (AvgIpc) is 3.05. The van der Waals surface area contributed by atoms with Crippen molar-refractivity contribution < 1.29 is 5.11 Å². The summed E-state index contributed by atoms with van der Waals surface area (Å²) < 4.78 is 0. The maximum Gasteiger partial charge on any atom is 0.127 e. The molecule has 1 heterocycles. The smallest absolute Gasteiger partial charge is 0.127 e. The van der Waals surface area contributed by atoms with Crippen LogP contribution in [0.5, 0.6) is 5.75 Å². The first-order valence-electron chi connectivity index (χ1n) is 9.61. The molecule has 0 unspecified atom stereocenters. The number of halogens is 1. The second-order valence-electron chi connectivity index (χ2n) is 8.60. The largest absolute Gasteiger partial charge is 0.507 e. The molecule has 0 saturated carbocycles. The van der Waals surface area contributed by atoms with Crippen LogP contribution in [0, 0.1) is 13.8 Å². The van der Waals surface area contributed by atoms with Gasteiger partial charge in [-0.1, -0.05) is 50.6 Å². The molecule has 5 heteroatoms. The fourth-order valence-corrected chi connectivity index (χ4v) is 3.75. The molecule has 0 spiro atoms. The summed E-state index contributed by atoms with van der Waals surface area (Å²) in [5, 5.41) is 21.1. The second-order valence-corrected chi connectivity index (χ2v) is 9.04. The number of nitrogens with zero attached hydrogens (tertiary/aromatic N) is 3. The Morgan fingerprint density at radius 3 is 2.28 bits per heavy atom. The van der Waals surface area contributed by atoms with Crippen LogP contribution in [0.3, 0.4) is 0 Å². The fraction of sp³-hybridized carbons (Fsp3) is 0.250. The highest BCUT2D eigenvalue weighted by Gasteiger charge is 2.23. The van der Waals surface area contributed by atoms with Gasteiger partial charge in [-0.15, -0.1) is 15.0 Å². The van der Waals surface area contributed by atoms with Crippen molar-refractivity contribution in [1.82, 2.24) is 15.0 Å². The Labute approximate surface area is 175 Å². The third kappa shape index (κ3) is 3.60. The molecule has 1 N–H and O–H groups in total. The summed E-state index contributed by atoms with van der Waals surface area (Å²) in [6.07, 6.45) is 0. The molecule has 3 aromatic carbocycles. The maximum absolute atomic E-state index is 11.2. The molecular weight excluding hydrogens is 382 g/mol. The Kier molecular flexibility index (Phi) is 4.62. The van der Waals surface area contributed by atoms with Gasteiger partial charge in [-0.25, -0.2) is 0 Å². The summed E-state index contributed by atoms with van der Waals surface area (Å²) in [5.41, 5.74) is 6.91. The number of hydrogen-bond acceptors (Lipinski definition) is 3. The molecule has 0 fully saturated rings. The number of phenols is 1. The van der Waals surface area contributed by atoms with E-state index in [1.807, 2.05) is 43.3 Å². The Hall–Kier alpha value is -2.85. The predicted molar refractivity (Wildman–Crippen MR) is 119 cm³/mol. The highest BCUT2D eigenvalue weighted by molar-refractivity contribution is 6.31. The van der Waals surface area contributed by atoms with Crippen LogP contribution >= 0.6 is 11.6 Å². The molecule has 4 nitrogen and oxygen atoms in total. The van der Waals surface area contributed by atoms with Crippen LogP contribution in [0.15, 0.2) is 48.5 Å². The Balaban J connectivity index is 1.98. The zero-order valence-corrected chi connectivity index (χ0v) is 18.0. The van der Waals surface area contributed by atoms with E-state index >= 15 is 0 Å². The van der Waals surface area contributed by atoms with Crippen LogP contribution in [0.2, 0.25) is 5.02 Å². The van der Waals surface area contributed by atoms with Crippen molar-refractivity contribution in [3.63, 3.8) is 0 Å². The third-order valence-corrected chi connectivity index (χ3v) is 5.30. The van der Waals surface area contributed by atoms with Crippen LogP contribution < -0.4 is 0 Å². The van der Waals surface area contributed by atoms with Gasteiger partial charge in [0.1, 0.15) is 16.8 Å². The van der Waals surface area contributed by atoms with Gasteiger partial charge in [-0.2, -0.15) is 0 Å². The van der Waals surface area contributed by atoms with Gasteiger partial charge in [0.05, 0.1) is 5.69 Å². The average molecular weight is 406 g/mol. The summed E-state index contributed by atoms with van der Waals surface area (Å²) >= 11 is 6.11. The lowest BCUT2D eigenvalue weighted by atomic mass is 9.83. The number of rotatable bonds is 2. The monoisotopic (exact) mass is 405 g/mol. The Morgan fingerprint density at radius 1 is 0.828 bits per heavy atom. The summed E-state index contributed by atoms with van der Waals surface area (Å²) in [6.45, 7) is 10.4. The van der Waals surface area contributed by atoms with Crippen molar-refractivity contribution >= 4 is 22.6 Å². The minimum Gasteiger partial charge on any atom is -0.507 e. The lowest BCUT2D eigenvalue weighted by Gasteiger charge is -2.23. The van der Waals surface area contributed by atoms with Crippen molar-refractivity contribution in [1.29, 1.82) is 0 Å². The van der Waals surface area contributed by atoms with Gasteiger partial charge in [-0.05, 0) is 60.7 Å². The number of phenolic OH excluding ortho intramolecular Hbond substituents is 1. The van der Waals surface area contributed by atoms with Crippen LogP contribution in [-0.2, 0) is 5.41 Å². The van der Waals surface area contributed by atoms with Gasteiger partial charge in [0.25, 0.3) is 0 Å². The molecule has 1 aromatic heterocycles. The van der Waals surface area contributed by atoms with E-state index in [0.29, 0.717) is 10.8 Å². The number of aryl methyl sites for hydroxylation is 2. The molecule has 0 aliphatic carbocycles. The van der Waals surface area contributed by atoms with Gasteiger partial charge in [0.15, 0.2) is 0 Å². The highest BCUT2D eigenvalue weighted by atomic mass is 35.5. The van der Waals surface area contributed by atoms with E-state index < -0.39 is 0 Å². The molecule has 0 amide bonds. The van der Waals surface area contributed by atoms with E-state index in [4.69, 9.17) is 11.6 Å². The maximum atomic E-state index is 11.2. The standard InChI is InChI=1S/C24H24ClN3O/c1-14-6-8-17(18-10-15(2)11-19(23(18)29)24(3,4)5)22(12-14)28-26-20-9-7-16(25)13-21(20)27-28/h6-13,29H,1-5H3. The van der Waals surface area contributed by atoms with Crippen LogP contribution in [0.1, 0.15) is 37.5 Å². The normalized spacial score (nSPS) is 11.9. The van der Waals surface area contributed by atoms with Gasteiger partial charge in [0.2, 0.25) is 0 Å². The number of aromatic nitrogens is 3. The zero-order chi connectivity index (χ0) is 20.9. The van der Waals surface area contributed by atoms with E-state index in [1.54, 1.807) is 10.9 Å². The topological polar surface area (TPSA) is 50.9 Å². The minimum absolute atomic E-state index is 0.176. The van der Waals surface area contributed by atoms with Gasteiger partial charge in [-0.3, -0.25) is 0 Å². The van der Waals surface area contributed by atoms with Crippen molar-refractivity contribution in [3.8, 4) is 22.6 Å². The number of aromatic hydroxyl groups is 1. The van der Waals surface area contributed by atoms with E-state index in [1.165, 1.54) is 0 Å². The third-order valence-electron chi connectivity index (χ3n) is 5.06. The summed E-state index contributed by atoms with van der Waals surface area (Å²) in [7, 11) is 0. The van der Waals surface area contributed by atoms with E-state index in [0.717, 1.165) is 44.5 Å². The van der Waals surface area contributed by atoms with Gasteiger partial charge in [0, 0.05) is 21.7 Å². The van der Waals surface area contributed by atoms with Crippen molar-refractivity contribution in [3.05, 3.63) is 70.2 Å². The minimum atomic E-state index is -0.176. The molecule has 4 aromatic rings. The first-order valence-corrected chi connectivity index (χ1v) is 9.99. The zero-order valence-electron chi connectivity index (χ0n) is 17.3. The van der Waals surface area contributed by atoms with Crippen LogP contribution in [-0.4, -0.2) is 20.1 Å². The van der Waals surface area contributed by atoms with Gasteiger partial charge >= 0.3 is 0 Å². The van der Waals surface area contributed by atoms with Crippen LogP contribution in [0.25, 0.3) is 27.8 Å². The van der Waals surface area contributed by atoms with Crippen molar-refractivity contribution in [2.75, 3.05) is 0 Å². The number of fused-ring (bicyclic) bond motifs is 1. The molecule has 4 rings (SSSR count). The molecule has 0 bridgehead atoms.